The molecule has 0 aromatic rings. The average molecular weight is 489 g/mol. The number of rotatable bonds is 15. The zero-order chi connectivity index (χ0) is 26.7. The third-order valence-corrected chi connectivity index (χ3v) is 5.17. The second-order valence-electron chi connectivity index (χ2n) is 9.53. The van der Waals surface area contributed by atoms with Crippen molar-refractivity contribution in [3.63, 3.8) is 0 Å². The van der Waals surface area contributed by atoms with Crippen molar-refractivity contribution >= 4 is 29.7 Å². The van der Waals surface area contributed by atoms with E-state index < -0.39 is 78.2 Å². The van der Waals surface area contributed by atoms with Crippen molar-refractivity contribution in [2.75, 3.05) is 0 Å². The molecule has 0 aliphatic carbocycles. The first-order valence-electron chi connectivity index (χ1n) is 11.4. The third kappa shape index (κ3) is 10.9. The monoisotopic (exact) mass is 488 g/mol. The van der Waals surface area contributed by atoms with Gasteiger partial charge >= 0.3 is 11.9 Å². The molecule has 0 rings (SSSR count). The molecular formula is C22H40N4O8. The average Bonchev–Trinajstić information content (AvgIpc) is 2.70. The Kier molecular flexibility index (Phi) is 13.3. The largest absolute Gasteiger partial charge is 0.481 e. The first-order valence-corrected chi connectivity index (χ1v) is 11.4. The highest BCUT2D eigenvalue weighted by atomic mass is 16.4. The van der Waals surface area contributed by atoms with E-state index in [1.165, 1.54) is 0 Å². The second kappa shape index (κ2) is 14.5. The normalized spacial score (nSPS) is 15.9. The van der Waals surface area contributed by atoms with E-state index in [0.29, 0.717) is 6.42 Å². The molecule has 12 nitrogen and oxygen atoms in total. The van der Waals surface area contributed by atoms with Crippen molar-refractivity contribution in [1.82, 2.24) is 16.0 Å². The molecule has 0 heterocycles. The quantitative estimate of drug-likeness (QED) is 0.157. The number of aliphatic hydroxyl groups excluding tert-OH is 1. The van der Waals surface area contributed by atoms with Crippen LogP contribution in [0.5, 0.6) is 0 Å². The molecule has 8 N–H and O–H groups in total. The number of carbonyl (C=O) groups is 5. The van der Waals surface area contributed by atoms with Crippen LogP contribution in [0.2, 0.25) is 0 Å². The minimum absolute atomic E-state index is 0.150. The summed E-state index contributed by atoms with van der Waals surface area (Å²) in [4.78, 5) is 60.3. The van der Waals surface area contributed by atoms with Gasteiger partial charge in [0.25, 0.3) is 5.91 Å². The number of hydrogen-bond donors (Lipinski definition) is 7. The summed E-state index contributed by atoms with van der Waals surface area (Å²) in [5, 5.41) is 35.5. The first-order chi connectivity index (χ1) is 15.6. The van der Waals surface area contributed by atoms with E-state index in [1.807, 2.05) is 13.8 Å². The lowest BCUT2D eigenvalue weighted by atomic mass is 9.97. The van der Waals surface area contributed by atoms with Gasteiger partial charge in [0.2, 0.25) is 11.8 Å². The Morgan fingerprint density at radius 2 is 1.21 bits per heavy atom. The van der Waals surface area contributed by atoms with E-state index in [0.717, 1.165) is 0 Å². The summed E-state index contributed by atoms with van der Waals surface area (Å²) in [7, 11) is 0. The van der Waals surface area contributed by atoms with E-state index >= 15 is 0 Å². The molecule has 0 aliphatic heterocycles. The molecule has 5 atom stereocenters. The van der Waals surface area contributed by atoms with Gasteiger partial charge in [-0.3, -0.25) is 19.2 Å². The summed E-state index contributed by atoms with van der Waals surface area (Å²) >= 11 is 0. The summed E-state index contributed by atoms with van der Waals surface area (Å²) in [5.74, 6) is -5.62. The van der Waals surface area contributed by atoms with Crippen molar-refractivity contribution in [3.05, 3.63) is 0 Å². The van der Waals surface area contributed by atoms with E-state index in [2.05, 4.69) is 16.0 Å². The lowest BCUT2D eigenvalue weighted by Gasteiger charge is -2.29. The van der Waals surface area contributed by atoms with E-state index in [-0.39, 0.29) is 12.3 Å². The molecule has 3 amide bonds. The number of carboxylic acids is 2. The van der Waals surface area contributed by atoms with Crippen LogP contribution in [-0.2, 0) is 24.0 Å². The van der Waals surface area contributed by atoms with E-state index in [9.17, 15) is 34.2 Å². The third-order valence-electron chi connectivity index (χ3n) is 5.17. The van der Waals surface area contributed by atoms with Crippen LogP contribution >= 0.6 is 0 Å². The van der Waals surface area contributed by atoms with Crippen LogP contribution in [0.3, 0.4) is 0 Å². The number of aliphatic carboxylic acids is 2. The van der Waals surface area contributed by atoms with Gasteiger partial charge in [0.05, 0.1) is 0 Å². The minimum atomic E-state index is -1.52. The van der Waals surface area contributed by atoms with Crippen molar-refractivity contribution in [3.8, 4) is 0 Å². The van der Waals surface area contributed by atoms with Gasteiger partial charge < -0.3 is 37.0 Å². The zero-order valence-corrected chi connectivity index (χ0v) is 20.7. The number of aliphatic hydroxyl groups is 1. The van der Waals surface area contributed by atoms with Gasteiger partial charge in [0.15, 0.2) is 0 Å². The molecule has 0 radical (unpaired) electrons. The van der Waals surface area contributed by atoms with Gasteiger partial charge in [-0.05, 0) is 30.6 Å². The predicted octanol–water partition coefficient (Wildman–Crippen LogP) is -0.563. The fraction of sp³-hybridized carbons (Fsp3) is 0.773. The smallest absolute Gasteiger partial charge is 0.326 e. The van der Waals surface area contributed by atoms with Crippen LogP contribution in [-0.4, -0.2) is 75.3 Å². The lowest BCUT2D eigenvalue weighted by Crippen LogP contribution is -2.60. The van der Waals surface area contributed by atoms with Crippen molar-refractivity contribution in [2.45, 2.75) is 91.1 Å². The van der Waals surface area contributed by atoms with Gasteiger partial charge in [-0.2, -0.15) is 0 Å². The Bertz CT molecular complexity index is 726. The molecule has 0 bridgehead atoms. The van der Waals surface area contributed by atoms with Gasteiger partial charge in [0.1, 0.15) is 24.2 Å². The topological polar surface area (TPSA) is 208 Å². The maximum Gasteiger partial charge on any atom is 0.326 e. The summed E-state index contributed by atoms with van der Waals surface area (Å²) in [6.45, 7) is 10.4. The number of hydrogen-bond acceptors (Lipinski definition) is 7. The maximum atomic E-state index is 12.9. The highest BCUT2D eigenvalue weighted by Gasteiger charge is 2.34. The Morgan fingerprint density at radius 1 is 0.765 bits per heavy atom. The number of nitrogens with two attached hydrogens (primary N) is 1. The molecule has 0 aromatic heterocycles. The molecule has 2 unspecified atom stereocenters. The van der Waals surface area contributed by atoms with Crippen molar-refractivity contribution < 1.29 is 39.3 Å². The fourth-order valence-corrected chi connectivity index (χ4v) is 3.21. The Labute approximate surface area is 200 Å². The summed E-state index contributed by atoms with van der Waals surface area (Å²) in [6, 6.07) is -4.50. The molecule has 12 heteroatoms. The molecule has 196 valence electrons. The van der Waals surface area contributed by atoms with Crippen molar-refractivity contribution in [2.24, 2.45) is 23.5 Å². The van der Waals surface area contributed by atoms with E-state index in [1.54, 1.807) is 27.7 Å². The molecular weight excluding hydrogens is 448 g/mol. The van der Waals surface area contributed by atoms with Crippen LogP contribution < -0.4 is 21.7 Å². The Hall–Kier alpha value is -2.73. The molecule has 34 heavy (non-hydrogen) atoms. The van der Waals surface area contributed by atoms with Crippen LogP contribution in [0.15, 0.2) is 0 Å². The summed E-state index contributed by atoms with van der Waals surface area (Å²) in [5.41, 5.74) is 5.87. The van der Waals surface area contributed by atoms with Gasteiger partial charge in [-0.25, -0.2) is 4.79 Å². The summed E-state index contributed by atoms with van der Waals surface area (Å²) < 4.78 is 0. The molecule has 0 saturated carbocycles. The Balaban J connectivity index is 5.40. The van der Waals surface area contributed by atoms with Crippen LogP contribution in [0.4, 0.5) is 0 Å². The maximum absolute atomic E-state index is 12.9. The minimum Gasteiger partial charge on any atom is -0.481 e. The number of carboxylic acid groups (broad SMARTS) is 2. The molecule has 0 aliphatic rings. The first kappa shape index (κ1) is 31.3. The zero-order valence-electron chi connectivity index (χ0n) is 20.7. The molecule has 0 aromatic carbocycles. The lowest BCUT2D eigenvalue weighted by molar-refractivity contribution is -0.144. The Morgan fingerprint density at radius 3 is 1.59 bits per heavy atom. The van der Waals surface area contributed by atoms with Crippen LogP contribution in [0, 0.1) is 17.8 Å². The van der Waals surface area contributed by atoms with Gasteiger partial charge in [-0.1, -0.05) is 41.5 Å². The molecule has 0 spiro atoms. The summed E-state index contributed by atoms with van der Waals surface area (Å²) in [6.07, 6.45) is -1.91. The van der Waals surface area contributed by atoms with Gasteiger partial charge in [-0.15, -0.1) is 0 Å². The number of amides is 3. The second-order valence-corrected chi connectivity index (χ2v) is 9.53. The standard InChI is InChI=1S/C22H40N4O8/c1-10(2)9-13(23)18(29)21(32)26-17(12(5)6)20(31)25-16(11(3)4)19(30)24-14(22(33)34)7-8-15(27)28/h10-14,16-18,29H,7-9,23H2,1-6H3,(H,24,30)(H,25,31)(H,26,32)(H,27,28)(H,33,34)/t13?,14-,16-,17-,18?/m0/s1. The fourth-order valence-electron chi connectivity index (χ4n) is 3.21. The highest BCUT2D eigenvalue weighted by molar-refractivity contribution is 5.94. The highest BCUT2D eigenvalue weighted by Crippen LogP contribution is 2.10. The molecule has 0 fully saturated rings. The van der Waals surface area contributed by atoms with Crippen molar-refractivity contribution in [1.29, 1.82) is 0 Å². The van der Waals surface area contributed by atoms with Crippen LogP contribution in [0.1, 0.15) is 60.8 Å². The van der Waals surface area contributed by atoms with Gasteiger partial charge in [0, 0.05) is 12.5 Å². The van der Waals surface area contributed by atoms with E-state index in [4.69, 9.17) is 10.8 Å². The van der Waals surface area contributed by atoms with Crippen LogP contribution in [0.25, 0.3) is 0 Å². The molecule has 0 saturated heterocycles. The predicted molar refractivity (Wildman–Crippen MR) is 123 cm³/mol. The number of nitrogens with one attached hydrogen (secondary N) is 3. The number of carbonyl (C=O) groups excluding carboxylic acids is 3. The SMILES string of the molecule is CC(C)CC(N)C(O)C(=O)N[C@H](C(=O)N[C@H](C(=O)N[C@@H](CCC(=O)O)C(=O)O)C(C)C)C(C)C.